The Balaban J connectivity index is 1.59. The first-order valence-corrected chi connectivity index (χ1v) is 9.55. The first kappa shape index (κ1) is 19.8. The molecule has 1 aromatic heterocycles. The number of hydrogen-bond donors (Lipinski definition) is 1. The van der Waals surface area contributed by atoms with Crippen molar-refractivity contribution in [2.75, 3.05) is 18.0 Å². The van der Waals surface area contributed by atoms with Gasteiger partial charge in [-0.05, 0) is 36.2 Å². The maximum absolute atomic E-state index is 12.2. The average Bonchev–Trinajstić information content (AvgIpc) is 2.68. The Labute approximate surface area is 169 Å². The van der Waals surface area contributed by atoms with Gasteiger partial charge in [0.2, 0.25) is 11.8 Å². The third kappa shape index (κ3) is 5.08. The highest BCUT2D eigenvalue weighted by atomic mass is 35.5. The number of nitrogens with one attached hydrogen (secondary N) is 1. The third-order valence-electron chi connectivity index (χ3n) is 4.47. The van der Waals surface area contributed by atoms with E-state index in [0.29, 0.717) is 24.5 Å². The number of aromatic nitrogens is 1. The van der Waals surface area contributed by atoms with Gasteiger partial charge in [0.05, 0.1) is 11.2 Å². The first-order chi connectivity index (χ1) is 13.5. The Morgan fingerprint density at radius 3 is 2.68 bits per heavy atom. The number of rotatable bonds is 7. The lowest BCUT2D eigenvalue weighted by Crippen LogP contribution is -2.34. The van der Waals surface area contributed by atoms with Crippen LogP contribution in [-0.4, -0.2) is 29.9 Å². The second-order valence-corrected chi connectivity index (χ2v) is 6.94. The molecule has 0 aliphatic carbocycles. The summed E-state index contributed by atoms with van der Waals surface area (Å²) in [5, 5.41) is 4.54. The van der Waals surface area contributed by atoms with E-state index >= 15 is 0 Å². The topological polar surface area (TPSA) is 62.3 Å². The van der Waals surface area contributed by atoms with Gasteiger partial charge in [0, 0.05) is 43.0 Å². The van der Waals surface area contributed by atoms with Crippen molar-refractivity contribution in [3.8, 4) is 0 Å². The van der Waals surface area contributed by atoms with Crippen molar-refractivity contribution in [1.29, 1.82) is 0 Å². The van der Waals surface area contributed by atoms with E-state index < -0.39 is 0 Å². The molecule has 0 aliphatic rings. The van der Waals surface area contributed by atoms with Crippen LogP contribution in [-0.2, 0) is 16.0 Å². The van der Waals surface area contributed by atoms with Gasteiger partial charge in [0.1, 0.15) is 0 Å². The summed E-state index contributed by atoms with van der Waals surface area (Å²) in [5.41, 5.74) is 2.54. The summed E-state index contributed by atoms with van der Waals surface area (Å²) in [5.74, 6) is -0.216. The number of anilines is 1. The molecule has 5 nitrogen and oxygen atoms in total. The number of carbonyl (C=O) groups is 2. The normalized spacial score (nSPS) is 10.6. The summed E-state index contributed by atoms with van der Waals surface area (Å²) in [4.78, 5) is 30.4. The molecule has 0 saturated heterocycles. The van der Waals surface area contributed by atoms with E-state index in [1.807, 2.05) is 54.6 Å². The Kier molecular flexibility index (Phi) is 6.61. The number of benzene rings is 2. The van der Waals surface area contributed by atoms with Crippen LogP contribution < -0.4 is 10.2 Å². The standard InChI is InChI=1S/C22H22ClN3O2/c1-16(27)26(20-9-3-6-18-7-4-12-25-22(18)20)14-11-21(28)24-13-10-17-5-2-8-19(23)15-17/h2-9,12,15H,10-11,13-14H2,1H3,(H,24,28). The molecule has 3 rings (SSSR count). The number of amides is 2. The SMILES string of the molecule is CC(=O)N(CCC(=O)NCCc1cccc(Cl)c1)c1cccc2cccnc12. The van der Waals surface area contributed by atoms with Gasteiger partial charge in [-0.15, -0.1) is 0 Å². The number of halogens is 1. The molecule has 0 saturated carbocycles. The van der Waals surface area contributed by atoms with Gasteiger partial charge < -0.3 is 10.2 Å². The van der Waals surface area contributed by atoms with Crippen molar-refractivity contribution in [2.45, 2.75) is 19.8 Å². The second-order valence-electron chi connectivity index (χ2n) is 6.50. The molecule has 144 valence electrons. The van der Waals surface area contributed by atoms with Crippen LogP contribution in [0.1, 0.15) is 18.9 Å². The van der Waals surface area contributed by atoms with Gasteiger partial charge in [-0.1, -0.05) is 41.9 Å². The quantitative estimate of drug-likeness (QED) is 0.658. The van der Waals surface area contributed by atoms with Crippen molar-refractivity contribution in [2.24, 2.45) is 0 Å². The molecule has 0 fully saturated rings. The van der Waals surface area contributed by atoms with Crippen LogP contribution in [0.25, 0.3) is 10.9 Å². The molecule has 0 atom stereocenters. The van der Waals surface area contributed by atoms with Gasteiger partial charge >= 0.3 is 0 Å². The molecule has 2 aromatic carbocycles. The lowest BCUT2D eigenvalue weighted by Gasteiger charge is -2.22. The zero-order valence-corrected chi connectivity index (χ0v) is 16.4. The number of pyridine rings is 1. The largest absolute Gasteiger partial charge is 0.356 e. The van der Waals surface area contributed by atoms with Gasteiger partial charge in [-0.2, -0.15) is 0 Å². The van der Waals surface area contributed by atoms with Crippen molar-refractivity contribution in [1.82, 2.24) is 10.3 Å². The van der Waals surface area contributed by atoms with Crippen LogP contribution >= 0.6 is 11.6 Å². The summed E-state index contributed by atoms with van der Waals surface area (Å²) >= 11 is 5.97. The Morgan fingerprint density at radius 1 is 1.11 bits per heavy atom. The summed E-state index contributed by atoms with van der Waals surface area (Å²) in [7, 11) is 0. The van der Waals surface area contributed by atoms with Crippen molar-refractivity contribution in [3.05, 3.63) is 71.4 Å². The van der Waals surface area contributed by atoms with Crippen molar-refractivity contribution in [3.63, 3.8) is 0 Å². The molecule has 2 amide bonds. The molecule has 6 heteroatoms. The molecule has 0 unspecified atom stereocenters. The number of hydrogen-bond acceptors (Lipinski definition) is 3. The van der Waals surface area contributed by atoms with Gasteiger partial charge in [-0.25, -0.2) is 0 Å². The van der Waals surface area contributed by atoms with E-state index in [-0.39, 0.29) is 18.2 Å². The number of fused-ring (bicyclic) bond motifs is 1. The Bertz CT molecular complexity index is 985. The third-order valence-corrected chi connectivity index (χ3v) is 4.70. The Hall–Kier alpha value is -2.92. The fourth-order valence-electron chi connectivity index (χ4n) is 3.09. The summed E-state index contributed by atoms with van der Waals surface area (Å²) in [6, 6.07) is 17.1. The first-order valence-electron chi connectivity index (χ1n) is 9.17. The Morgan fingerprint density at radius 2 is 1.89 bits per heavy atom. The molecule has 1 heterocycles. The minimum Gasteiger partial charge on any atom is -0.356 e. The van der Waals surface area contributed by atoms with Gasteiger partial charge in [-0.3, -0.25) is 14.6 Å². The van der Waals surface area contributed by atoms with Crippen molar-refractivity contribution < 1.29 is 9.59 Å². The number of nitrogens with zero attached hydrogens (tertiary/aromatic N) is 2. The number of para-hydroxylation sites is 1. The van der Waals surface area contributed by atoms with Crippen LogP contribution in [0.15, 0.2) is 60.8 Å². The maximum atomic E-state index is 12.2. The lowest BCUT2D eigenvalue weighted by atomic mass is 10.1. The van der Waals surface area contributed by atoms with Crippen LogP contribution in [0.2, 0.25) is 5.02 Å². The molecule has 28 heavy (non-hydrogen) atoms. The minimum absolute atomic E-state index is 0.0959. The summed E-state index contributed by atoms with van der Waals surface area (Å²) < 4.78 is 0. The molecule has 0 radical (unpaired) electrons. The molecular weight excluding hydrogens is 374 g/mol. The zero-order chi connectivity index (χ0) is 19.9. The van der Waals surface area contributed by atoms with Gasteiger partial charge in [0.25, 0.3) is 0 Å². The monoisotopic (exact) mass is 395 g/mol. The van der Waals surface area contributed by atoms with Crippen LogP contribution in [0.4, 0.5) is 5.69 Å². The molecule has 3 aromatic rings. The highest BCUT2D eigenvalue weighted by molar-refractivity contribution is 6.30. The fraction of sp³-hybridized carbons (Fsp3) is 0.227. The average molecular weight is 396 g/mol. The maximum Gasteiger partial charge on any atom is 0.223 e. The lowest BCUT2D eigenvalue weighted by molar-refractivity contribution is -0.121. The summed E-state index contributed by atoms with van der Waals surface area (Å²) in [6.07, 6.45) is 2.63. The smallest absolute Gasteiger partial charge is 0.223 e. The highest BCUT2D eigenvalue weighted by Gasteiger charge is 2.16. The zero-order valence-electron chi connectivity index (χ0n) is 15.7. The minimum atomic E-state index is -0.120. The fourth-order valence-corrected chi connectivity index (χ4v) is 3.31. The van der Waals surface area contributed by atoms with E-state index in [1.54, 1.807) is 11.1 Å². The van der Waals surface area contributed by atoms with Crippen LogP contribution in [0, 0.1) is 0 Å². The van der Waals surface area contributed by atoms with E-state index in [9.17, 15) is 9.59 Å². The molecular formula is C22H22ClN3O2. The van der Waals surface area contributed by atoms with E-state index in [4.69, 9.17) is 11.6 Å². The molecule has 1 N–H and O–H groups in total. The van der Waals surface area contributed by atoms with Crippen molar-refractivity contribution >= 4 is 40.0 Å². The van der Waals surface area contributed by atoms with Crippen LogP contribution in [0.3, 0.4) is 0 Å². The van der Waals surface area contributed by atoms with E-state index in [1.165, 1.54) is 6.92 Å². The predicted octanol–water partition coefficient (Wildman–Crippen LogP) is 3.99. The second kappa shape index (κ2) is 9.33. The highest BCUT2D eigenvalue weighted by Crippen LogP contribution is 2.25. The van der Waals surface area contributed by atoms with Crippen LogP contribution in [0.5, 0.6) is 0 Å². The predicted molar refractivity (Wildman–Crippen MR) is 113 cm³/mol. The summed E-state index contributed by atoms with van der Waals surface area (Å²) in [6.45, 7) is 2.32. The molecule has 0 bridgehead atoms. The molecule has 0 aliphatic heterocycles. The van der Waals surface area contributed by atoms with E-state index in [2.05, 4.69) is 10.3 Å². The van der Waals surface area contributed by atoms with Gasteiger partial charge in [0.15, 0.2) is 0 Å². The molecule has 0 spiro atoms. The van der Waals surface area contributed by atoms with E-state index in [0.717, 1.165) is 22.2 Å². The number of carbonyl (C=O) groups excluding carboxylic acids is 2.